The molecule has 16 nitrogen and oxygen atoms in total. The number of nitrogens with zero attached hydrogens (tertiary/aromatic N) is 1. The zero-order valence-corrected chi connectivity index (χ0v) is 18.8. The van der Waals surface area contributed by atoms with Gasteiger partial charge in [-0.15, -0.1) is 0 Å². The number of amides is 4. The Balaban J connectivity index is 5.35. The molecule has 0 rings (SSSR count). The topological polar surface area (TPSA) is 299 Å². The van der Waals surface area contributed by atoms with E-state index in [1.807, 2.05) is 5.32 Å². The van der Waals surface area contributed by atoms with Crippen molar-refractivity contribution in [2.75, 3.05) is 13.2 Å². The Morgan fingerprint density at radius 2 is 1.47 bits per heavy atom. The summed E-state index contributed by atoms with van der Waals surface area (Å²) in [7, 11) is 0. The summed E-state index contributed by atoms with van der Waals surface area (Å²) in [6, 6.07) is -5.67. The second-order valence-electron chi connectivity index (χ2n) is 7.43. The zero-order chi connectivity index (χ0) is 26.4. The molecule has 5 unspecified atom stereocenters. The molecular weight excluding hydrogens is 456 g/mol. The highest BCUT2D eigenvalue weighted by Gasteiger charge is 2.31. The summed E-state index contributed by atoms with van der Waals surface area (Å²) in [5.41, 5.74) is 21.2. The van der Waals surface area contributed by atoms with E-state index in [-0.39, 0.29) is 38.2 Å². The Morgan fingerprint density at radius 3 is 1.94 bits per heavy atom. The third-order valence-corrected chi connectivity index (χ3v) is 4.48. The summed E-state index contributed by atoms with van der Waals surface area (Å²) >= 11 is 0. The van der Waals surface area contributed by atoms with Crippen molar-refractivity contribution < 1.29 is 39.3 Å². The molecule has 5 atom stereocenters. The van der Waals surface area contributed by atoms with E-state index in [1.165, 1.54) is 0 Å². The second kappa shape index (κ2) is 15.4. The van der Waals surface area contributed by atoms with E-state index in [0.717, 1.165) is 6.92 Å². The molecule has 0 aromatic carbocycles. The van der Waals surface area contributed by atoms with Crippen LogP contribution in [0.2, 0.25) is 0 Å². The molecule has 0 bridgehead atoms. The van der Waals surface area contributed by atoms with Gasteiger partial charge in [0.1, 0.15) is 12.1 Å². The van der Waals surface area contributed by atoms with Gasteiger partial charge >= 0.3 is 5.97 Å². The maximum Gasteiger partial charge on any atom is 0.328 e. The Labute approximate surface area is 195 Å². The summed E-state index contributed by atoms with van der Waals surface area (Å²) in [6.45, 7) is 0.347. The van der Waals surface area contributed by atoms with E-state index in [4.69, 9.17) is 28.0 Å². The Hall–Kier alpha value is -3.50. The van der Waals surface area contributed by atoms with Gasteiger partial charge in [-0.3, -0.25) is 24.2 Å². The third-order valence-electron chi connectivity index (χ3n) is 4.48. The number of carboxylic acids is 1. The number of hydrogen-bond acceptors (Lipinski definition) is 9. The van der Waals surface area contributed by atoms with Gasteiger partial charge in [0.15, 0.2) is 12.0 Å². The van der Waals surface area contributed by atoms with E-state index in [9.17, 15) is 34.2 Å². The smallest absolute Gasteiger partial charge is 0.328 e. The second-order valence-corrected chi connectivity index (χ2v) is 7.43. The first-order valence-corrected chi connectivity index (χ1v) is 10.3. The SMILES string of the molecule is CC(O)C(NC(=O)C(CO)NC(=O)C(CCCN=C(N)N)NC(=O)C(N)CCC(N)=O)C(=O)O. The summed E-state index contributed by atoms with van der Waals surface area (Å²) in [4.78, 5) is 63.2. The van der Waals surface area contributed by atoms with Gasteiger partial charge in [-0.25, -0.2) is 4.79 Å². The Bertz CT molecular complexity index is 756. The molecule has 0 saturated carbocycles. The van der Waals surface area contributed by atoms with E-state index in [2.05, 4.69) is 15.6 Å². The molecule has 0 saturated heterocycles. The number of aliphatic hydroxyl groups is 2. The van der Waals surface area contributed by atoms with E-state index >= 15 is 0 Å². The van der Waals surface area contributed by atoms with Gasteiger partial charge < -0.3 is 54.2 Å². The van der Waals surface area contributed by atoms with Crippen molar-refractivity contribution in [3.63, 3.8) is 0 Å². The minimum Gasteiger partial charge on any atom is -0.480 e. The number of hydrogen-bond donors (Lipinski definition) is 10. The van der Waals surface area contributed by atoms with Crippen LogP contribution in [0.4, 0.5) is 0 Å². The molecule has 0 spiro atoms. The quantitative estimate of drug-likeness (QED) is 0.0552. The molecule has 4 amide bonds. The number of nitrogens with one attached hydrogen (secondary N) is 3. The van der Waals surface area contributed by atoms with E-state index in [1.54, 1.807) is 0 Å². The first-order valence-electron chi connectivity index (χ1n) is 10.3. The van der Waals surface area contributed by atoms with Gasteiger partial charge in [-0.1, -0.05) is 0 Å². The first-order chi connectivity index (χ1) is 15.8. The van der Waals surface area contributed by atoms with Crippen molar-refractivity contribution in [1.29, 1.82) is 0 Å². The molecule has 0 aliphatic rings. The number of carbonyl (C=O) groups excluding carboxylic acids is 4. The lowest BCUT2D eigenvalue weighted by Crippen LogP contribution is -2.59. The van der Waals surface area contributed by atoms with Crippen LogP contribution in [0.3, 0.4) is 0 Å². The number of aliphatic imine (C=N–C) groups is 1. The number of aliphatic carboxylic acids is 1. The molecule has 34 heavy (non-hydrogen) atoms. The predicted molar refractivity (Wildman–Crippen MR) is 119 cm³/mol. The van der Waals surface area contributed by atoms with Crippen LogP contribution in [-0.2, 0) is 24.0 Å². The summed E-state index contributed by atoms with van der Waals surface area (Å²) in [5.74, 6) is -5.11. The van der Waals surface area contributed by atoms with Crippen LogP contribution in [0, 0.1) is 0 Å². The minimum atomic E-state index is -1.68. The Kier molecular flexibility index (Phi) is 13.8. The fourth-order valence-corrected chi connectivity index (χ4v) is 2.59. The molecule has 16 heteroatoms. The van der Waals surface area contributed by atoms with Crippen molar-refractivity contribution in [2.24, 2.45) is 27.9 Å². The minimum absolute atomic E-state index is 0.00207. The van der Waals surface area contributed by atoms with Crippen molar-refractivity contribution in [2.45, 2.75) is 62.9 Å². The lowest BCUT2D eigenvalue weighted by Gasteiger charge is -2.24. The maximum absolute atomic E-state index is 12.7. The highest BCUT2D eigenvalue weighted by Crippen LogP contribution is 2.03. The number of carboxylic acid groups (broad SMARTS) is 1. The van der Waals surface area contributed by atoms with Crippen LogP contribution in [0.25, 0.3) is 0 Å². The largest absolute Gasteiger partial charge is 0.480 e. The van der Waals surface area contributed by atoms with Crippen LogP contribution in [0.1, 0.15) is 32.6 Å². The zero-order valence-electron chi connectivity index (χ0n) is 18.8. The summed E-state index contributed by atoms with van der Waals surface area (Å²) in [5, 5.41) is 34.6. The first kappa shape index (κ1) is 30.5. The number of guanidine groups is 1. The Morgan fingerprint density at radius 1 is 0.912 bits per heavy atom. The lowest BCUT2D eigenvalue weighted by molar-refractivity contribution is -0.145. The average molecular weight is 491 g/mol. The summed E-state index contributed by atoms with van der Waals surface area (Å²) < 4.78 is 0. The molecular formula is C18H34N8O8. The van der Waals surface area contributed by atoms with E-state index < -0.39 is 66.5 Å². The number of aliphatic hydroxyl groups excluding tert-OH is 2. The maximum atomic E-state index is 12.7. The van der Waals surface area contributed by atoms with Gasteiger partial charge in [-0.2, -0.15) is 0 Å². The van der Waals surface area contributed by atoms with Crippen molar-refractivity contribution in [3.05, 3.63) is 0 Å². The van der Waals surface area contributed by atoms with Gasteiger partial charge in [0, 0.05) is 13.0 Å². The molecule has 14 N–H and O–H groups in total. The monoisotopic (exact) mass is 490 g/mol. The molecule has 0 aliphatic carbocycles. The molecule has 194 valence electrons. The fraction of sp³-hybridized carbons (Fsp3) is 0.667. The number of rotatable bonds is 16. The molecule has 0 aromatic rings. The standard InChI is InChI=1S/C18H34N8O8/c1-8(28)13(17(33)34)26-16(32)11(7-27)25-15(31)10(3-2-6-23-18(21)22)24-14(30)9(19)4-5-12(20)29/h8-11,13,27-28H,2-7,19H2,1H3,(H2,20,29)(H,24,30)(H,25,31)(H,26,32)(H,33,34)(H4,21,22,23). The summed E-state index contributed by atoms with van der Waals surface area (Å²) in [6.07, 6.45) is -1.45. The number of nitrogens with two attached hydrogens (primary N) is 4. The van der Waals surface area contributed by atoms with Crippen LogP contribution in [0.5, 0.6) is 0 Å². The van der Waals surface area contributed by atoms with Gasteiger partial charge in [0.2, 0.25) is 23.6 Å². The van der Waals surface area contributed by atoms with Crippen LogP contribution >= 0.6 is 0 Å². The molecule has 0 aliphatic heterocycles. The third kappa shape index (κ3) is 11.9. The van der Waals surface area contributed by atoms with Crippen LogP contribution < -0.4 is 38.9 Å². The number of primary amides is 1. The fourth-order valence-electron chi connectivity index (χ4n) is 2.59. The van der Waals surface area contributed by atoms with Crippen LogP contribution in [-0.4, -0.2) is 94.3 Å². The lowest BCUT2D eigenvalue weighted by atomic mass is 10.1. The molecule has 0 heterocycles. The average Bonchev–Trinajstić information content (AvgIpc) is 2.74. The van der Waals surface area contributed by atoms with E-state index in [0.29, 0.717) is 0 Å². The molecule has 0 fully saturated rings. The predicted octanol–water partition coefficient (Wildman–Crippen LogP) is -5.46. The van der Waals surface area contributed by atoms with Crippen molar-refractivity contribution >= 4 is 35.6 Å². The molecule has 0 radical (unpaired) electrons. The highest BCUT2D eigenvalue weighted by molar-refractivity contribution is 5.94. The number of carbonyl (C=O) groups is 5. The van der Waals surface area contributed by atoms with Gasteiger partial charge in [-0.05, 0) is 26.2 Å². The van der Waals surface area contributed by atoms with Gasteiger partial charge in [0.05, 0.1) is 18.8 Å². The highest BCUT2D eigenvalue weighted by atomic mass is 16.4. The van der Waals surface area contributed by atoms with Gasteiger partial charge in [0.25, 0.3) is 0 Å². The van der Waals surface area contributed by atoms with Crippen molar-refractivity contribution in [1.82, 2.24) is 16.0 Å². The molecule has 0 aromatic heterocycles. The normalized spacial score (nSPS) is 15.1. The van der Waals surface area contributed by atoms with Crippen molar-refractivity contribution in [3.8, 4) is 0 Å². The van der Waals surface area contributed by atoms with Crippen LogP contribution in [0.15, 0.2) is 4.99 Å².